The second kappa shape index (κ2) is 6.29. The average molecular weight is 347 g/mol. The third-order valence-electron chi connectivity index (χ3n) is 3.59. The summed E-state index contributed by atoms with van der Waals surface area (Å²) in [5, 5.41) is 13.9. The first-order valence-corrected chi connectivity index (χ1v) is 7.37. The van der Waals surface area contributed by atoms with Crippen molar-refractivity contribution in [2.45, 2.75) is 12.5 Å². The van der Waals surface area contributed by atoms with Crippen molar-refractivity contribution in [3.63, 3.8) is 0 Å². The zero-order chi connectivity index (χ0) is 17.3. The van der Waals surface area contributed by atoms with Crippen molar-refractivity contribution < 1.29 is 19.2 Å². The first-order valence-electron chi connectivity index (χ1n) is 6.99. The number of para-hydroxylation sites is 2. The first-order chi connectivity index (χ1) is 11.5. The maximum absolute atomic E-state index is 12.3. The Morgan fingerprint density at radius 2 is 2.04 bits per heavy atom. The minimum Gasteiger partial charge on any atom is -0.448 e. The topological polar surface area (TPSA) is 98.5 Å². The zero-order valence-corrected chi connectivity index (χ0v) is 12.9. The lowest BCUT2D eigenvalue weighted by Crippen LogP contribution is -2.38. The van der Waals surface area contributed by atoms with E-state index < -0.39 is 22.9 Å². The fraction of sp³-hybridized carbons (Fsp3) is 0.125. The van der Waals surface area contributed by atoms with Crippen LogP contribution >= 0.6 is 11.6 Å². The van der Waals surface area contributed by atoms with Gasteiger partial charge < -0.3 is 10.1 Å². The molecule has 1 N–H and O–H groups in total. The van der Waals surface area contributed by atoms with Gasteiger partial charge in [0.1, 0.15) is 5.69 Å². The van der Waals surface area contributed by atoms with Crippen molar-refractivity contribution in [3.05, 3.63) is 68.7 Å². The monoisotopic (exact) mass is 346 g/mol. The highest BCUT2D eigenvalue weighted by Crippen LogP contribution is 2.27. The van der Waals surface area contributed by atoms with Gasteiger partial charge in [-0.05, 0) is 29.8 Å². The normalized spacial score (nSPS) is 16.0. The molecule has 2 aromatic carbocycles. The smallest absolute Gasteiger partial charge is 0.339 e. The van der Waals surface area contributed by atoms with E-state index in [2.05, 4.69) is 5.32 Å². The summed E-state index contributed by atoms with van der Waals surface area (Å²) in [6.07, 6.45) is -0.933. The van der Waals surface area contributed by atoms with Crippen LogP contribution in [-0.2, 0) is 16.0 Å². The SMILES string of the molecule is O=C1OC(C(=O)Nc2ccccc2[N+](=O)[O-])Cc2cc(Cl)ccc21. The third kappa shape index (κ3) is 3.07. The molecule has 0 saturated heterocycles. The summed E-state index contributed by atoms with van der Waals surface area (Å²) in [5.74, 6) is -1.26. The number of ether oxygens (including phenoxy) is 1. The number of nitrogens with one attached hydrogen (secondary N) is 1. The maximum atomic E-state index is 12.3. The number of hydrogen-bond acceptors (Lipinski definition) is 5. The summed E-state index contributed by atoms with van der Waals surface area (Å²) >= 11 is 5.91. The van der Waals surface area contributed by atoms with Crippen LogP contribution in [0.15, 0.2) is 42.5 Å². The Balaban J connectivity index is 1.82. The van der Waals surface area contributed by atoms with Crippen molar-refractivity contribution in [3.8, 4) is 0 Å². The maximum Gasteiger partial charge on any atom is 0.339 e. The van der Waals surface area contributed by atoms with Gasteiger partial charge in [0.2, 0.25) is 0 Å². The predicted octanol–water partition coefficient (Wildman–Crippen LogP) is 2.97. The molecule has 1 amide bonds. The molecule has 7 nitrogen and oxygen atoms in total. The Morgan fingerprint density at radius 1 is 1.29 bits per heavy atom. The molecule has 0 bridgehead atoms. The van der Waals surface area contributed by atoms with Gasteiger partial charge in [-0.25, -0.2) is 4.79 Å². The van der Waals surface area contributed by atoms with Crippen molar-refractivity contribution in [1.82, 2.24) is 0 Å². The summed E-state index contributed by atoms with van der Waals surface area (Å²) in [6.45, 7) is 0. The molecule has 0 radical (unpaired) electrons. The van der Waals surface area contributed by atoms with Crippen LogP contribution < -0.4 is 5.32 Å². The second-order valence-corrected chi connectivity index (χ2v) is 5.60. The van der Waals surface area contributed by atoms with Crippen LogP contribution in [0, 0.1) is 10.1 Å². The van der Waals surface area contributed by atoms with Gasteiger partial charge in [-0.15, -0.1) is 0 Å². The van der Waals surface area contributed by atoms with Crippen LogP contribution in [0.4, 0.5) is 11.4 Å². The molecule has 1 unspecified atom stereocenters. The van der Waals surface area contributed by atoms with Gasteiger partial charge in [0, 0.05) is 17.5 Å². The number of amides is 1. The van der Waals surface area contributed by atoms with E-state index in [1.54, 1.807) is 18.2 Å². The number of benzene rings is 2. The fourth-order valence-corrected chi connectivity index (χ4v) is 2.66. The Labute approximate surface area is 141 Å². The molecule has 0 spiro atoms. The summed E-state index contributed by atoms with van der Waals surface area (Å²) in [6, 6.07) is 10.4. The minimum absolute atomic E-state index is 0.0421. The molecule has 1 aliphatic rings. The molecular weight excluding hydrogens is 336 g/mol. The van der Waals surface area contributed by atoms with Crippen LogP contribution in [0.1, 0.15) is 15.9 Å². The van der Waals surface area contributed by atoms with Crippen molar-refractivity contribution in [1.29, 1.82) is 0 Å². The number of halogens is 1. The molecule has 1 atom stereocenters. The lowest BCUT2D eigenvalue weighted by Gasteiger charge is -2.24. The number of rotatable bonds is 3. The van der Waals surface area contributed by atoms with Crippen molar-refractivity contribution in [2.24, 2.45) is 0 Å². The molecule has 24 heavy (non-hydrogen) atoms. The molecule has 1 heterocycles. The van der Waals surface area contributed by atoms with Crippen LogP contribution in [0.25, 0.3) is 0 Å². The number of cyclic esters (lactones) is 1. The van der Waals surface area contributed by atoms with Gasteiger partial charge in [0.05, 0.1) is 10.5 Å². The third-order valence-corrected chi connectivity index (χ3v) is 3.83. The average Bonchev–Trinajstić information content (AvgIpc) is 2.54. The molecule has 1 aliphatic heterocycles. The van der Waals surface area contributed by atoms with E-state index >= 15 is 0 Å². The van der Waals surface area contributed by atoms with Crippen LogP contribution in [0.2, 0.25) is 5.02 Å². The van der Waals surface area contributed by atoms with Crippen molar-refractivity contribution in [2.75, 3.05) is 5.32 Å². The van der Waals surface area contributed by atoms with Gasteiger partial charge in [0.25, 0.3) is 11.6 Å². The number of nitro groups is 1. The molecule has 0 aliphatic carbocycles. The number of nitro benzene ring substituents is 1. The molecule has 8 heteroatoms. The van der Waals surface area contributed by atoms with Crippen LogP contribution in [-0.4, -0.2) is 22.9 Å². The number of fused-ring (bicyclic) bond motifs is 1. The van der Waals surface area contributed by atoms with Gasteiger partial charge in [-0.1, -0.05) is 23.7 Å². The van der Waals surface area contributed by atoms with Crippen molar-refractivity contribution >= 4 is 34.9 Å². The van der Waals surface area contributed by atoms with Gasteiger partial charge in [0.15, 0.2) is 6.10 Å². The number of hydrogen-bond donors (Lipinski definition) is 1. The summed E-state index contributed by atoms with van der Waals surface area (Å²) in [5.41, 5.74) is 0.757. The highest BCUT2D eigenvalue weighted by molar-refractivity contribution is 6.30. The molecule has 0 fully saturated rings. The Bertz CT molecular complexity index is 852. The van der Waals surface area contributed by atoms with E-state index in [0.717, 1.165) is 0 Å². The predicted molar refractivity (Wildman–Crippen MR) is 86.1 cm³/mol. The molecule has 122 valence electrons. The summed E-state index contributed by atoms with van der Waals surface area (Å²) in [4.78, 5) is 34.7. The van der Waals surface area contributed by atoms with Gasteiger partial charge >= 0.3 is 5.97 Å². The number of nitrogens with zero attached hydrogens (tertiary/aromatic N) is 1. The van der Waals surface area contributed by atoms with E-state index in [4.69, 9.17) is 16.3 Å². The van der Waals surface area contributed by atoms with E-state index in [9.17, 15) is 19.7 Å². The van der Waals surface area contributed by atoms with Gasteiger partial charge in [-0.2, -0.15) is 0 Å². The van der Waals surface area contributed by atoms with E-state index in [-0.39, 0.29) is 17.8 Å². The number of anilines is 1. The quantitative estimate of drug-likeness (QED) is 0.523. The lowest BCUT2D eigenvalue weighted by atomic mass is 9.98. The molecule has 0 aromatic heterocycles. The van der Waals surface area contributed by atoms with E-state index in [0.29, 0.717) is 16.1 Å². The Kier molecular flexibility index (Phi) is 4.18. The minimum atomic E-state index is -1.08. The fourth-order valence-electron chi connectivity index (χ4n) is 2.46. The summed E-state index contributed by atoms with van der Waals surface area (Å²) < 4.78 is 5.12. The summed E-state index contributed by atoms with van der Waals surface area (Å²) in [7, 11) is 0. The highest BCUT2D eigenvalue weighted by Gasteiger charge is 2.32. The Hall–Kier alpha value is -2.93. The number of esters is 1. The Morgan fingerprint density at radius 3 is 2.79 bits per heavy atom. The molecule has 0 saturated carbocycles. The van der Waals surface area contributed by atoms with Gasteiger partial charge in [-0.3, -0.25) is 14.9 Å². The largest absolute Gasteiger partial charge is 0.448 e. The van der Waals surface area contributed by atoms with E-state index in [1.165, 1.54) is 24.3 Å². The second-order valence-electron chi connectivity index (χ2n) is 5.16. The van der Waals surface area contributed by atoms with Crippen LogP contribution in [0.3, 0.4) is 0 Å². The highest BCUT2D eigenvalue weighted by atomic mass is 35.5. The molecular formula is C16H11ClN2O5. The standard InChI is InChI=1S/C16H11ClN2O5/c17-10-5-6-11-9(7-10)8-14(24-16(11)21)15(20)18-12-3-1-2-4-13(12)19(22)23/h1-7,14H,8H2,(H,18,20). The van der Waals surface area contributed by atoms with E-state index in [1.807, 2.05) is 0 Å². The molecule has 2 aromatic rings. The number of carbonyl (C=O) groups is 2. The zero-order valence-electron chi connectivity index (χ0n) is 12.2. The first kappa shape index (κ1) is 15.9. The van der Waals surface area contributed by atoms with Crippen LogP contribution in [0.5, 0.6) is 0 Å². The number of carbonyl (C=O) groups excluding carboxylic acids is 2. The molecule has 3 rings (SSSR count). The lowest BCUT2D eigenvalue weighted by molar-refractivity contribution is -0.383.